The van der Waals surface area contributed by atoms with E-state index in [1.807, 2.05) is 58.6 Å². The molecule has 0 spiro atoms. The van der Waals surface area contributed by atoms with Gasteiger partial charge in [0.25, 0.3) is 11.5 Å². The summed E-state index contributed by atoms with van der Waals surface area (Å²) in [6, 6.07) is 4.53. The second-order valence-corrected chi connectivity index (χ2v) is 8.70. The van der Waals surface area contributed by atoms with Crippen molar-refractivity contribution in [2.75, 3.05) is 26.2 Å². The third kappa shape index (κ3) is 8.35. The SMILES string of the molecule is C.CC.CC.CC.O=C(c1cc(Cc2n[nH]c(=O)c3c2=CCCC=3)ccc1F)N1CCN(C(=O)C2CC2)CC1. The van der Waals surface area contributed by atoms with Crippen LogP contribution in [0.25, 0.3) is 12.2 Å². The molecular weight excluding hydrogens is 495 g/mol. The van der Waals surface area contributed by atoms with Crippen molar-refractivity contribution in [3.63, 3.8) is 0 Å². The van der Waals surface area contributed by atoms with Gasteiger partial charge < -0.3 is 9.80 Å². The average Bonchev–Trinajstić information content (AvgIpc) is 3.84. The molecule has 2 fully saturated rings. The van der Waals surface area contributed by atoms with Crippen LogP contribution >= 0.6 is 0 Å². The zero-order valence-corrected chi connectivity index (χ0v) is 23.8. The van der Waals surface area contributed by atoms with Crippen molar-refractivity contribution >= 4 is 24.0 Å². The lowest BCUT2D eigenvalue weighted by Gasteiger charge is -2.35. The first kappa shape index (κ1) is 33.7. The number of halogens is 1. The Morgan fingerprint density at radius 1 is 0.923 bits per heavy atom. The number of piperazine rings is 1. The highest BCUT2D eigenvalue weighted by Crippen LogP contribution is 2.31. The van der Waals surface area contributed by atoms with Crippen LogP contribution in [0.1, 0.15) is 96.3 Å². The fraction of sp³-hybridized carbons (Fsp3) is 0.548. The Kier molecular flexibility index (Phi) is 14.4. The summed E-state index contributed by atoms with van der Waals surface area (Å²) >= 11 is 0. The van der Waals surface area contributed by atoms with Gasteiger partial charge in [-0.3, -0.25) is 14.4 Å². The molecule has 2 heterocycles. The summed E-state index contributed by atoms with van der Waals surface area (Å²) in [7, 11) is 0. The second kappa shape index (κ2) is 16.6. The molecule has 1 saturated carbocycles. The van der Waals surface area contributed by atoms with Gasteiger partial charge in [0.15, 0.2) is 0 Å². The summed E-state index contributed by atoms with van der Waals surface area (Å²) in [5.74, 6) is -0.588. The number of benzene rings is 1. The van der Waals surface area contributed by atoms with E-state index in [2.05, 4.69) is 10.2 Å². The minimum absolute atomic E-state index is 0. The number of fused-ring (bicyclic) bond motifs is 1. The largest absolute Gasteiger partial charge is 0.339 e. The summed E-state index contributed by atoms with van der Waals surface area (Å²) in [4.78, 5) is 40.7. The van der Waals surface area contributed by atoms with Gasteiger partial charge in [-0.2, -0.15) is 5.10 Å². The second-order valence-electron chi connectivity index (χ2n) is 8.70. The number of rotatable bonds is 4. The number of amides is 2. The minimum atomic E-state index is -0.563. The van der Waals surface area contributed by atoms with E-state index < -0.39 is 5.82 Å². The molecule has 3 aliphatic rings. The van der Waals surface area contributed by atoms with Crippen molar-refractivity contribution < 1.29 is 14.0 Å². The molecule has 1 N–H and O–H groups in total. The number of aromatic amines is 1. The molecular formula is C31H47FN4O3. The van der Waals surface area contributed by atoms with Crippen molar-refractivity contribution in [2.45, 2.75) is 81.1 Å². The first-order valence-electron chi connectivity index (χ1n) is 14.2. The van der Waals surface area contributed by atoms with E-state index in [1.54, 1.807) is 17.0 Å². The van der Waals surface area contributed by atoms with E-state index in [1.165, 1.54) is 6.07 Å². The lowest BCUT2D eigenvalue weighted by molar-refractivity contribution is -0.134. The molecule has 39 heavy (non-hydrogen) atoms. The van der Waals surface area contributed by atoms with Gasteiger partial charge in [-0.15, -0.1) is 0 Å². The topological polar surface area (TPSA) is 86.4 Å². The highest BCUT2D eigenvalue weighted by molar-refractivity contribution is 5.95. The van der Waals surface area contributed by atoms with Crippen molar-refractivity contribution in [3.05, 3.63) is 61.6 Å². The Morgan fingerprint density at radius 2 is 1.49 bits per heavy atom. The maximum absolute atomic E-state index is 14.6. The van der Waals surface area contributed by atoms with Crippen LogP contribution in [-0.4, -0.2) is 58.0 Å². The van der Waals surface area contributed by atoms with Gasteiger partial charge >= 0.3 is 0 Å². The summed E-state index contributed by atoms with van der Waals surface area (Å²) < 4.78 is 14.6. The van der Waals surface area contributed by atoms with Gasteiger partial charge in [-0.25, -0.2) is 9.49 Å². The Morgan fingerprint density at radius 3 is 2.08 bits per heavy atom. The van der Waals surface area contributed by atoms with E-state index in [-0.39, 0.29) is 36.3 Å². The van der Waals surface area contributed by atoms with Crippen LogP contribution in [0.4, 0.5) is 4.39 Å². The number of H-pyrrole nitrogens is 1. The van der Waals surface area contributed by atoms with E-state index in [0.29, 0.717) is 43.5 Å². The van der Waals surface area contributed by atoms with Crippen molar-refractivity contribution in [3.8, 4) is 0 Å². The average molecular weight is 543 g/mol. The third-order valence-corrected chi connectivity index (χ3v) is 6.44. The standard InChI is InChI=1S/C24H25FN4O3.3C2H6.CH4/c25-20-8-5-15(14-21-17-3-1-2-4-18(17)22(30)27-26-21)13-19(20)24(32)29-11-9-28(10-12-29)23(31)16-6-7-16;3*1-2;/h3-5,8,13,16H,1-2,6-7,9-12,14H2,(H,27,30);3*1-2H3;1H4. The number of carbonyl (C=O) groups is 2. The predicted octanol–water partition coefficient (Wildman–Crippen LogP) is 4.26. The number of nitrogens with zero attached hydrogens (tertiary/aromatic N) is 3. The number of carbonyl (C=O) groups excluding carboxylic acids is 2. The summed E-state index contributed by atoms with van der Waals surface area (Å²) in [6.07, 6.45) is 7.87. The first-order valence-corrected chi connectivity index (χ1v) is 14.2. The zero-order valence-electron chi connectivity index (χ0n) is 23.8. The number of hydrogen-bond acceptors (Lipinski definition) is 4. The van der Waals surface area contributed by atoms with E-state index in [9.17, 15) is 18.8 Å². The monoisotopic (exact) mass is 542 g/mol. The molecule has 1 aliphatic heterocycles. The maximum Gasteiger partial charge on any atom is 0.271 e. The molecule has 2 aliphatic carbocycles. The fourth-order valence-electron chi connectivity index (χ4n) is 4.47. The molecule has 2 amide bonds. The van der Waals surface area contributed by atoms with Crippen LogP contribution in [0.15, 0.2) is 23.0 Å². The lowest BCUT2D eigenvalue weighted by atomic mass is 10.0. The Labute approximate surface area is 232 Å². The Balaban J connectivity index is 0.00000102. The molecule has 0 radical (unpaired) electrons. The molecule has 0 unspecified atom stereocenters. The van der Waals surface area contributed by atoms with Crippen LogP contribution in [0.5, 0.6) is 0 Å². The molecule has 5 rings (SSSR count). The lowest BCUT2D eigenvalue weighted by Crippen LogP contribution is -2.51. The van der Waals surface area contributed by atoms with Gasteiger partial charge in [0.1, 0.15) is 5.82 Å². The zero-order chi connectivity index (χ0) is 28.2. The smallest absolute Gasteiger partial charge is 0.271 e. The van der Waals surface area contributed by atoms with E-state index in [4.69, 9.17) is 0 Å². The quantitative estimate of drug-likeness (QED) is 0.626. The molecule has 1 aromatic carbocycles. The number of aromatic nitrogens is 2. The molecule has 7 nitrogen and oxygen atoms in total. The number of nitrogens with one attached hydrogen (secondary N) is 1. The Hall–Kier alpha value is -3.29. The van der Waals surface area contributed by atoms with Crippen LogP contribution < -0.4 is 16.0 Å². The normalized spacial score (nSPS) is 15.2. The summed E-state index contributed by atoms with van der Waals surface area (Å²) in [5, 5.41) is 8.18. The molecule has 0 atom stereocenters. The number of hydrogen-bond donors (Lipinski definition) is 1. The third-order valence-electron chi connectivity index (χ3n) is 6.44. The van der Waals surface area contributed by atoms with Crippen molar-refractivity contribution in [1.29, 1.82) is 0 Å². The van der Waals surface area contributed by atoms with Crippen LogP contribution in [0.2, 0.25) is 0 Å². The van der Waals surface area contributed by atoms with Crippen LogP contribution in [0, 0.1) is 11.7 Å². The fourth-order valence-corrected chi connectivity index (χ4v) is 4.47. The molecule has 8 heteroatoms. The maximum atomic E-state index is 14.6. The predicted molar refractivity (Wildman–Crippen MR) is 157 cm³/mol. The van der Waals surface area contributed by atoms with Gasteiger partial charge in [0, 0.05) is 49.0 Å². The van der Waals surface area contributed by atoms with Gasteiger partial charge in [0.2, 0.25) is 5.91 Å². The minimum Gasteiger partial charge on any atom is -0.339 e. The van der Waals surface area contributed by atoms with Gasteiger partial charge in [-0.1, -0.05) is 67.2 Å². The van der Waals surface area contributed by atoms with E-state index >= 15 is 0 Å². The van der Waals surface area contributed by atoms with Crippen LogP contribution in [0.3, 0.4) is 0 Å². The summed E-state index contributed by atoms with van der Waals surface area (Å²) in [5.41, 5.74) is 1.26. The molecule has 2 aromatic rings. The van der Waals surface area contributed by atoms with Gasteiger partial charge in [-0.05, 0) is 43.4 Å². The molecule has 0 bridgehead atoms. The van der Waals surface area contributed by atoms with Gasteiger partial charge in [0.05, 0.1) is 11.3 Å². The molecule has 216 valence electrons. The van der Waals surface area contributed by atoms with Crippen molar-refractivity contribution in [1.82, 2.24) is 20.0 Å². The Bertz CT molecular complexity index is 1260. The van der Waals surface area contributed by atoms with E-state index in [0.717, 1.165) is 36.5 Å². The molecule has 1 saturated heterocycles. The molecule has 1 aromatic heterocycles. The highest BCUT2D eigenvalue weighted by Gasteiger charge is 2.35. The first-order chi connectivity index (χ1) is 18.5. The van der Waals surface area contributed by atoms with Crippen LogP contribution in [-0.2, 0) is 11.2 Å². The van der Waals surface area contributed by atoms with Crippen molar-refractivity contribution in [2.24, 2.45) is 5.92 Å². The highest BCUT2D eigenvalue weighted by atomic mass is 19.1. The summed E-state index contributed by atoms with van der Waals surface area (Å²) in [6.45, 7) is 13.8.